The first-order valence-electron chi connectivity index (χ1n) is 51.4. The molecule has 3 aliphatic heterocycles. The summed E-state index contributed by atoms with van der Waals surface area (Å²) in [4.78, 5) is 104. The molecule has 0 unspecified atom stereocenters. The lowest BCUT2D eigenvalue weighted by molar-refractivity contribution is -0.118. The third kappa shape index (κ3) is 21.8. The quantitative estimate of drug-likeness (QED) is 0.0382. The molecule has 15 rings (SSSR count). The van der Waals surface area contributed by atoms with Crippen molar-refractivity contribution in [3.05, 3.63) is 214 Å². The van der Waals surface area contributed by atoms with Gasteiger partial charge in [0, 0.05) is 144 Å². The Morgan fingerprint density at radius 2 is 0.558 bits per heavy atom. The number of carbonyl (C=O) groups is 3. The largest absolute Gasteiger partial charge is 0.353 e. The van der Waals surface area contributed by atoms with E-state index in [0.717, 1.165) is 206 Å². The van der Waals surface area contributed by atoms with Gasteiger partial charge in [-0.05, 0) is 311 Å². The molecule has 0 saturated heterocycles. The summed E-state index contributed by atoms with van der Waals surface area (Å²) >= 11 is 0. The molecule has 0 N–H and O–H groups in total. The third-order valence-electron chi connectivity index (χ3n) is 28.5. The zero-order chi connectivity index (χ0) is 101. The normalized spacial score (nSPS) is 12.7. The first kappa shape index (κ1) is 106. The van der Waals surface area contributed by atoms with Crippen LogP contribution in [0.15, 0.2) is 85.2 Å². The number of rotatable bonds is 30. The number of amides is 2. The number of benzene rings is 5. The van der Waals surface area contributed by atoms with E-state index in [4.69, 9.17) is 44.9 Å². The van der Waals surface area contributed by atoms with Gasteiger partial charge in [0.2, 0.25) is 35.6 Å². The molecule has 738 valence electrons. The molecule has 2 amide bonds. The van der Waals surface area contributed by atoms with E-state index < -0.39 is 11.7 Å². The average Bonchev–Trinajstić information content (AvgIpc) is 1.59. The molecule has 0 radical (unpaired) electrons. The van der Waals surface area contributed by atoms with Gasteiger partial charge in [0.05, 0.1) is 29.1 Å². The smallest absolute Gasteiger partial charge is 0.301 e. The Labute approximate surface area is 825 Å². The maximum absolute atomic E-state index is 12.8. The number of Topliss-reactive ketones (excluding diaryl/α,β-unsaturated/α-hetero) is 1. The van der Waals surface area contributed by atoms with Gasteiger partial charge >= 0.3 is 5.91 Å². The Balaban J connectivity index is 0.000000165. The molecule has 5 aromatic carbocycles. The highest BCUT2D eigenvalue weighted by molar-refractivity contribution is 6.52. The molecule has 23 heteroatoms. The minimum atomic E-state index is -0.498. The van der Waals surface area contributed by atoms with Crippen LogP contribution in [0.3, 0.4) is 0 Å². The molecular formula is C115H160N20O3. The lowest BCUT2D eigenvalue weighted by atomic mass is 10.0. The van der Waals surface area contributed by atoms with Crippen LogP contribution < -0.4 is 39.2 Å². The SMILES string of the molecule is CCC(CC)N1C(=O)C(=O)c2c(C)nc(N(CC)c3c(C)cc(C)cc3C)nc21.CCC(CC)N1C(=O)Cc2c(C)nc(N(CC)c3c(C)cc(C)cc3C)nc21.CCC(CC)N1CCc2c(C)nc(N(CC)c3c(C)cc(C)cc3C)nc21.CCC(CC)n1ccc2c(C)nc(N(CC)c3c(C)cc(C)cc3C)nc21.CCC(CC)n1ccc2c(C)nc(N(CC)c3c(C)cc(C)cc3C)nc21. The molecule has 0 aliphatic carbocycles. The number of nitrogens with zero attached hydrogens (tertiary/aromatic N) is 20. The number of carbonyl (C=O) groups excluding carboxylic acids is 3. The molecule has 10 heterocycles. The number of aromatic nitrogens is 12. The number of hydrogen-bond donors (Lipinski definition) is 0. The fourth-order valence-electron chi connectivity index (χ4n) is 22.1. The van der Waals surface area contributed by atoms with Crippen molar-refractivity contribution in [1.82, 2.24) is 59.0 Å². The molecule has 7 aromatic heterocycles. The van der Waals surface area contributed by atoms with E-state index in [0.29, 0.717) is 60.1 Å². The summed E-state index contributed by atoms with van der Waals surface area (Å²) in [5.74, 6) is 5.20. The lowest BCUT2D eigenvalue weighted by Gasteiger charge is -2.30. The molecule has 12 aromatic rings. The van der Waals surface area contributed by atoms with Gasteiger partial charge in [0.1, 0.15) is 22.9 Å². The lowest BCUT2D eigenvalue weighted by Crippen LogP contribution is -2.39. The standard InChI is InChI=1S/C23H30N4O2.C23H32N4O.C23H34N4.2C23H32N4/c1-8-17(9-2)27-21-18(20(28)22(27)29)16(7)24-23(25-21)26(10-3)19-14(5)11-13(4)12-15(19)6;1-8-18(9-2)27-20(28)13-19-17(7)24-23(25-22(19)27)26(10-3)21-15(5)11-14(4)12-16(21)6;3*1-8-19(9-2)27-12-11-20-18(7)24-23(25-22(20)27)26(10-3)21-16(5)13-15(4)14-17(21)6/h11-12,17H,8-10H2,1-7H3;11-12,18H,8-10,13H2,1-7H3;13-14,19H,8-12H2,1-7H3;2*11-14,19H,8-10H2,1-7H3. The van der Waals surface area contributed by atoms with Crippen molar-refractivity contribution in [1.29, 1.82) is 0 Å². The zero-order valence-corrected chi connectivity index (χ0v) is 90.4. The van der Waals surface area contributed by atoms with E-state index in [1.807, 2.05) is 25.7 Å². The van der Waals surface area contributed by atoms with Gasteiger partial charge in [0.25, 0.3) is 5.78 Å². The number of anilines is 13. The van der Waals surface area contributed by atoms with Crippen molar-refractivity contribution < 1.29 is 14.4 Å². The summed E-state index contributed by atoms with van der Waals surface area (Å²) in [6.45, 7) is 79.9. The van der Waals surface area contributed by atoms with Crippen molar-refractivity contribution in [2.45, 2.75) is 350 Å². The van der Waals surface area contributed by atoms with Gasteiger partial charge in [-0.2, -0.15) is 24.9 Å². The second-order valence-electron chi connectivity index (χ2n) is 38.5. The molecule has 0 saturated carbocycles. The van der Waals surface area contributed by atoms with E-state index >= 15 is 0 Å². The summed E-state index contributed by atoms with van der Waals surface area (Å²) in [6.07, 6.45) is 15.9. The molecule has 0 spiro atoms. The topological polar surface area (TPSA) is 216 Å². The van der Waals surface area contributed by atoms with Crippen molar-refractivity contribution in [3.8, 4) is 0 Å². The Kier molecular flexibility index (Phi) is 35.6. The summed E-state index contributed by atoms with van der Waals surface area (Å²) in [6, 6.07) is 28.1. The molecule has 138 heavy (non-hydrogen) atoms. The molecule has 0 fully saturated rings. The molecule has 3 aliphatic rings. The molecular weight excluding hydrogens is 1710 g/mol. The van der Waals surface area contributed by atoms with Crippen LogP contribution in [0.2, 0.25) is 0 Å². The first-order chi connectivity index (χ1) is 65.8. The van der Waals surface area contributed by atoms with E-state index in [1.54, 1.807) is 11.8 Å². The highest BCUT2D eigenvalue weighted by Gasteiger charge is 2.44. The van der Waals surface area contributed by atoms with E-state index in [1.165, 1.54) is 95.0 Å². The number of aryl methyl sites for hydroxylation is 20. The second-order valence-corrected chi connectivity index (χ2v) is 38.5. The molecule has 0 atom stereocenters. The average molecular weight is 1870 g/mol. The Hall–Kier alpha value is -12.0. The minimum absolute atomic E-state index is 0.0484. The zero-order valence-electron chi connectivity index (χ0n) is 90.4. The van der Waals surface area contributed by atoms with Crippen molar-refractivity contribution in [2.75, 3.05) is 78.5 Å². The number of fused-ring (bicyclic) bond motifs is 5. The van der Waals surface area contributed by atoms with Gasteiger partial charge in [0.15, 0.2) is 5.82 Å². The Bertz CT molecular complexity index is 6100. The third-order valence-corrected chi connectivity index (χ3v) is 28.5. The predicted molar refractivity (Wildman–Crippen MR) is 578 cm³/mol. The van der Waals surface area contributed by atoms with Crippen LogP contribution >= 0.6 is 0 Å². The van der Waals surface area contributed by atoms with Crippen LogP contribution in [0.1, 0.15) is 314 Å². The van der Waals surface area contributed by atoms with Crippen LogP contribution in [0, 0.1) is 138 Å². The van der Waals surface area contributed by atoms with Crippen LogP contribution in [-0.2, 0) is 22.4 Å². The van der Waals surface area contributed by atoms with Gasteiger partial charge < -0.3 is 38.5 Å². The van der Waals surface area contributed by atoms with E-state index in [2.05, 4.69) is 343 Å². The molecule has 23 nitrogen and oxygen atoms in total. The second kappa shape index (κ2) is 46.2. The summed E-state index contributed by atoms with van der Waals surface area (Å²) in [7, 11) is 0. The number of hydrogen-bond acceptors (Lipinski definition) is 19. The monoisotopic (exact) mass is 1870 g/mol. The van der Waals surface area contributed by atoms with Crippen LogP contribution in [-0.4, -0.2) is 134 Å². The van der Waals surface area contributed by atoms with Crippen molar-refractivity contribution >= 4 is 115 Å². The van der Waals surface area contributed by atoms with Gasteiger partial charge in [-0.15, -0.1) is 0 Å². The van der Waals surface area contributed by atoms with Crippen LogP contribution in [0.5, 0.6) is 0 Å². The maximum atomic E-state index is 12.8. The minimum Gasteiger partial charge on any atom is -0.353 e. The summed E-state index contributed by atoms with van der Waals surface area (Å²) in [5, 5.41) is 2.30. The van der Waals surface area contributed by atoms with Gasteiger partial charge in [-0.25, -0.2) is 24.9 Å². The Morgan fingerprint density at radius 3 is 0.862 bits per heavy atom. The highest BCUT2D eigenvalue weighted by atomic mass is 16.2. The number of ketones is 1. The highest BCUT2D eigenvalue weighted by Crippen LogP contribution is 2.44. The molecule has 0 bridgehead atoms. The summed E-state index contributed by atoms with van der Waals surface area (Å²) in [5.41, 5.74) is 34.1. The first-order valence-corrected chi connectivity index (χ1v) is 51.4. The van der Waals surface area contributed by atoms with Gasteiger partial charge in [-0.3, -0.25) is 24.2 Å². The fraction of sp³-hybridized carbons (Fsp3) is 0.504. The fourth-order valence-corrected chi connectivity index (χ4v) is 22.1. The maximum Gasteiger partial charge on any atom is 0.301 e. The van der Waals surface area contributed by atoms with Crippen LogP contribution in [0.25, 0.3) is 22.1 Å². The van der Waals surface area contributed by atoms with E-state index in [-0.39, 0.29) is 18.0 Å². The van der Waals surface area contributed by atoms with Crippen LogP contribution in [0.4, 0.5) is 75.6 Å². The Morgan fingerprint density at radius 1 is 0.290 bits per heavy atom. The summed E-state index contributed by atoms with van der Waals surface area (Å²) < 4.78 is 4.66. The van der Waals surface area contributed by atoms with Crippen molar-refractivity contribution in [2.24, 2.45) is 0 Å². The van der Waals surface area contributed by atoms with Crippen molar-refractivity contribution in [3.63, 3.8) is 0 Å². The predicted octanol–water partition coefficient (Wildman–Crippen LogP) is 27.3. The van der Waals surface area contributed by atoms with Gasteiger partial charge in [-0.1, -0.05) is 158 Å². The van der Waals surface area contributed by atoms with E-state index in [9.17, 15) is 14.4 Å².